The zero-order chi connectivity index (χ0) is 22.5. The first-order valence-electron chi connectivity index (χ1n) is 9.95. The number of aliphatic hydroxyl groups excluding tert-OH is 1. The van der Waals surface area contributed by atoms with Crippen LogP contribution in [0.4, 0.5) is 10.3 Å². The van der Waals surface area contributed by atoms with Crippen molar-refractivity contribution >= 4 is 25.4 Å². The average Bonchev–Trinajstić information content (AvgIpc) is 3.03. The van der Waals surface area contributed by atoms with Crippen molar-refractivity contribution in [1.82, 2.24) is 19.5 Å². The summed E-state index contributed by atoms with van der Waals surface area (Å²) in [5.41, 5.74) is 5.01. The summed E-state index contributed by atoms with van der Waals surface area (Å²) < 4.78 is 49.9. The molecule has 1 saturated heterocycles. The van der Waals surface area contributed by atoms with Crippen LogP contribution in [0.2, 0.25) is 0 Å². The van der Waals surface area contributed by atoms with Crippen LogP contribution in [-0.4, -0.2) is 56.2 Å². The highest BCUT2D eigenvalue weighted by Gasteiger charge is 2.78. The molecule has 32 heavy (non-hydrogen) atoms. The number of anilines is 1. The summed E-state index contributed by atoms with van der Waals surface area (Å²) in [4.78, 5) is 12.4. The van der Waals surface area contributed by atoms with Gasteiger partial charge in [-0.25, -0.2) is 9.55 Å². The molecule has 1 aliphatic heterocycles. The molecule has 0 amide bonds. The van der Waals surface area contributed by atoms with Crippen LogP contribution >= 0.6 is 8.25 Å². The van der Waals surface area contributed by atoms with Gasteiger partial charge in [0.2, 0.25) is 11.8 Å². The lowest BCUT2D eigenvalue weighted by atomic mass is 10.0. The van der Waals surface area contributed by atoms with E-state index in [4.69, 9.17) is 24.3 Å². The number of alkyl halides is 1. The zero-order valence-corrected chi connectivity index (χ0v) is 17.9. The summed E-state index contributed by atoms with van der Waals surface area (Å²) in [5.74, 6) is 0.519. The number of hydrogen-bond acceptors (Lipinski definition) is 10. The highest BCUT2D eigenvalue weighted by atomic mass is 31.1. The van der Waals surface area contributed by atoms with Gasteiger partial charge in [0.05, 0.1) is 18.3 Å². The monoisotopic (exact) mass is 465 g/mol. The molecule has 5 rings (SSSR count). The van der Waals surface area contributed by atoms with Crippen molar-refractivity contribution in [3.63, 3.8) is 0 Å². The van der Waals surface area contributed by atoms with Crippen molar-refractivity contribution < 1.29 is 32.6 Å². The number of nitrogens with zero attached hydrogens (tertiary/aromatic N) is 4. The van der Waals surface area contributed by atoms with Crippen LogP contribution in [0.3, 0.4) is 0 Å². The third-order valence-corrected chi connectivity index (χ3v) is 6.54. The van der Waals surface area contributed by atoms with Crippen molar-refractivity contribution in [3.05, 3.63) is 36.7 Å². The fraction of sp³-hybridized carbons (Fsp3) is 0.421. The summed E-state index contributed by atoms with van der Waals surface area (Å²) in [6, 6.07) is 8.48. The third kappa shape index (κ3) is 3.22. The lowest BCUT2D eigenvalue weighted by Crippen LogP contribution is -2.34. The number of rotatable bonds is 8. The molecule has 2 unspecified atom stereocenters. The van der Waals surface area contributed by atoms with Gasteiger partial charge in [-0.3, -0.25) is 13.5 Å². The Kier molecular flexibility index (Phi) is 5.25. The number of imidazole rings is 1. The number of aliphatic hydroxyl groups is 1. The molecule has 1 aromatic carbocycles. The predicted molar refractivity (Wildman–Crippen MR) is 110 cm³/mol. The molecule has 1 saturated carbocycles. The molecule has 0 radical (unpaired) electrons. The Balaban J connectivity index is 1.36. The van der Waals surface area contributed by atoms with Crippen LogP contribution in [0.25, 0.3) is 11.2 Å². The number of benzene rings is 1. The molecule has 3 N–H and O–H groups in total. The van der Waals surface area contributed by atoms with Crippen LogP contribution in [0.5, 0.6) is 11.6 Å². The van der Waals surface area contributed by atoms with E-state index in [-0.39, 0.29) is 17.5 Å². The molecule has 11 nitrogen and oxygen atoms in total. The van der Waals surface area contributed by atoms with Gasteiger partial charge in [-0.2, -0.15) is 9.97 Å². The minimum absolute atomic E-state index is 0.0431. The summed E-state index contributed by atoms with van der Waals surface area (Å²) in [5, 5.41) is 11.0. The summed E-state index contributed by atoms with van der Waals surface area (Å²) in [6.07, 6.45) is -2.66. The molecule has 13 heteroatoms. The van der Waals surface area contributed by atoms with Gasteiger partial charge in [0.25, 0.3) is 0 Å². The van der Waals surface area contributed by atoms with Crippen molar-refractivity contribution in [2.24, 2.45) is 5.41 Å². The second-order valence-corrected chi connectivity index (χ2v) is 8.43. The molecule has 3 heterocycles. The zero-order valence-electron chi connectivity index (χ0n) is 16.9. The van der Waals surface area contributed by atoms with Gasteiger partial charge in [-0.05, 0) is 19.1 Å². The second kappa shape index (κ2) is 7.96. The van der Waals surface area contributed by atoms with Gasteiger partial charge in [-0.15, -0.1) is 0 Å². The molecule has 0 bridgehead atoms. The van der Waals surface area contributed by atoms with Gasteiger partial charge >= 0.3 is 8.25 Å². The quantitative estimate of drug-likeness (QED) is 0.473. The lowest BCUT2D eigenvalue weighted by Gasteiger charge is -2.24. The van der Waals surface area contributed by atoms with E-state index in [1.54, 1.807) is 37.3 Å². The van der Waals surface area contributed by atoms with Crippen molar-refractivity contribution in [2.45, 2.75) is 31.5 Å². The van der Waals surface area contributed by atoms with Crippen molar-refractivity contribution in [2.75, 3.05) is 19.0 Å². The standard InChI is InChI=1S/C19H21FN5O6P/c1-2-28-16-11-15(23-18(21)24-16)25(9-22-11)17-12(26)19(8-20)13(29-17)14(19)31-32(27)30-10-6-4-3-5-7-10/h3-7,9,12-14,17,26,32H,2,8H2,1H3,(H2,21,23,24)/t12-,13+,14?,17+,19+/m0/s1. The van der Waals surface area contributed by atoms with E-state index in [9.17, 15) is 14.1 Å². The Bertz CT molecular complexity index is 1170. The van der Waals surface area contributed by atoms with Gasteiger partial charge in [0, 0.05) is 0 Å². The van der Waals surface area contributed by atoms with E-state index < -0.39 is 44.9 Å². The maximum atomic E-state index is 14.1. The first-order valence-corrected chi connectivity index (χ1v) is 11.2. The van der Waals surface area contributed by atoms with Crippen LogP contribution in [0.15, 0.2) is 36.7 Å². The molecular weight excluding hydrogens is 444 g/mol. The van der Waals surface area contributed by atoms with E-state index in [1.807, 2.05) is 0 Å². The van der Waals surface area contributed by atoms with Crippen LogP contribution in [0, 0.1) is 5.41 Å². The Hall–Kier alpha value is -2.79. The number of para-hydroxylation sites is 1. The summed E-state index contributed by atoms with van der Waals surface area (Å²) in [6.45, 7) is 1.20. The number of fused-ring (bicyclic) bond motifs is 2. The number of aromatic nitrogens is 4. The Morgan fingerprint density at radius 2 is 2.12 bits per heavy atom. The number of nitrogens with two attached hydrogens (primary N) is 1. The normalized spacial score (nSPS) is 29.6. The van der Waals surface area contributed by atoms with E-state index in [0.29, 0.717) is 17.9 Å². The number of halogens is 1. The first kappa shape index (κ1) is 21.1. The van der Waals surface area contributed by atoms with E-state index in [0.717, 1.165) is 0 Å². The fourth-order valence-corrected chi connectivity index (χ4v) is 5.00. The van der Waals surface area contributed by atoms with Crippen LogP contribution < -0.4 is 15.0 Å². The van der Waals surface area contributed by atoms with Gasteiger partial charge in [-0.1, -0.05) is 18.2 Å². The predicted octanol–water partition coefficient (Wildman–Crippen LogP) is 1.89. The highest BCUT2D eigenvalue weighted by Crippen LogP contribution is 2.64. The molecule has 1 aliphatic carbocycles. The summed E-state index contributed by atoms with van der Waals surface area (Å²) >= 11 is 0. The molecule has 2 fully saturated rings. The highest BCUT2D eigenvalue weighted by molar-refractivity contribution is 7.33. The average molecular weight is 465 g/mol. The van der Waals surface area contributed by atoms with Gasteiger partial charge in [0.1, 0.15) is 30.7 Å². The van der Waals surface area contributed by atoms with Crippen molar-refractivity contribution in [1.29, 1.82) is 0 Å². The Labute approximate surface area is 182 Å². The maximum Gasteiger partial charge on any atom is 0.368 e. The molecular formula is C19H21FN5O6P. The van der Waals surface area contributed by atoms with Crippen LogP contribution in [0.1, 0.15) is 13.2 Å². The molecule has 0 spiro atoms. The van der Waals surface area contributed by atoms with Crippen LogP contribution in [-0.2, 0) is 13.8 Å². The van der Waals surface area contributed by atoms with Crippen molar-refractivity contribution in [3.8, 4) is 11.6 Å². The van der Waals surface area contributed by atoms with E-state index in [1.165, 1.54) is 10.9 Å². The SMILES string of the molecule is CCOc1nc(N)nc2c1ncn2[C@@H]1O[C@@H]2C(O[PH](=O)Oc3ccccc3)[C@]2(CF)[C@H]1O. The molecule has 2 aliphatic rings. The topological polar surface area (TPSA) is 144 Å². The van der Waals surface area contributed by atoms with Gasteiger partial charge in [0.15, 0.2) is 17.4 Å². The molecule has 2 aromatic heterocycles. The lowest BCUT2D eigenvalue weighted by molar-refractivity contribution is -0.0744. The number of nitrogen functional groups attached to an aromatic ring is 1. The minimum atomic E-state index is -2.99. The Morgan fingerprint density at radius 1 is 1.34 bits per heavy atom. The number of hydrogen-bond donors (Lipinski definition) is 2. The molecule has 170 valence electrons. The maximum absolute atomic E-state index is 14.1. The smallest absolute Gasteiger partial charge is 0.368 e. The summed E-state index contributed by atoms with van der Waals surface area (Å²) in [7, 11) is -2.99. The van der Waals surface area contributed by atoms with E-state index in [2.05, 4.69) is 15.0 Å². The largest absolute Gasteiger partial charge is 0.476 e. The second-order valence-electron chi connectivity index (χ2n) is 7.49. The fourth-order valence-electron chi connectivity index (χ4n) is 4.08. The van der Waals surface area contributed by atoms with Gasteiger partial charge < -0.3 is 24.8 Å². The number of ether oxygens (including phenoxy) is 2. The minimum Gasteiger partial charge on any atom is -0.476 e. The van der Waals surface area contributed by atoms with E-state index >= 15 is 0 Å². The third-order valence-electron chi connectivity index (χ3n) is 5.69. The first-order chi connectivity index (χ1) is 15.5. The molecule has 6 atom stereocenters. The molecule has 3 aromatic rings. The Morgan fingerprint density at radius 3 is 2.81 bits per heavy atom.